The van der Waals surface area contributed by atoms with E-state index in [2.05, 4.69) is 20.6 Å². The van der Waals surface area contributed by atoms with E-state index in [-0.39, 0.29) is 35.8 Å². The Labute approximate surface area is 232 Å². The number of nitrogens with two attached hydrogens (primary N) is 1. The lowest BCUT2D eigenvalue weighted by Gasteiger charge is -2.45. The number of hydrogen-bond acceptors (Lipinski definition) is 10. The number of ether oxygens (including phenoxy) is 3. The van der Waals surface area contributed by atoms with E-state index in [1.807, 2.05) is 12.2 Å². The fourth-order valence-electron chi connectivity index (χ4n) is 5.32. The molecule has 4 N–H and O–H groups in total. The monoisotopic (exact) mass is 560 g/mol. The largest absolute Gasteiger partial charge is 0.493 e. The number of halogens is 1. The van der Waals surface area contributed by atoms with Crippen LogP contribution in [-0.4, -0.2) is 47.7 Å². The average molecular weight is 561 g/mol. The number of primary amides is 1. The van der Waals surface area contributed by atoms with Crippen LogP contribution in [0.2, 0.25) is 0 Å². The molecule has 39 heavy (non-hydrogen) atoms. The number of nitro groups is 1. The third kappa shape index (κ3) is 6.00. The Kier molecular flexibility index (Phi) is 9.57. The van der Waals surface area contributed by atoms with Crippen molar-refractivity contribution in [3.8, 4) is 17.2 Å². The maximum atomic E-state index is 12.6. The number of carbonyl (C=O) groups is 1. The fraction of sp³-hybridized carbons (Fsp3) is 0.423. The Balaban J connectivity index is 0.00000420. The van der Waals surface area contributed by atoms with Gasteiger partial charge in [0.1, 0.15) is 6.20 Å². The van der Waals surface area contributed by atoms with Crippen LogP contribution in [0.15, 0.2) is 42.6 Å². The van der Waals surface area contributed by atoms with Crippen molar-refractivity contribution in [3.63, 3.8) is 0 Å². The summed E-state index contributed by atoms with van der Waals surface area (Å²) < 4.78 is 16.2. The Morgan fingerprint density at radius 2 is 1.77 bits per heavy atom. The second-order valence-electron chi connectivity index (χ2n) is 9.24. The van der Waals surface area contributed by atoms with Crippen LogP contribution in [0, 0.1) is 22.0 Å². The van der Waals surface area contributed by atoms with Crippen LogP contribution in [0.4, 0.5) is 23.1 Å². The number of aromatic nitrogens is 2. The molecule has 1 amide bonds. The van der Waals surface area contributed by atoms with Gasteiger partial charge in [-0.2, -0.15) is 4.98 Å². The molecule has 13 heteroatoms. The second-order valence-corrected chi connectivity index (χ2v) is 9.24. The second kappa shape index (κ2) is 12.7. The van der Waals surface area contributed by atoms with Gasteiger partial charge in [0.25, 0.3) is 0 Å². The molecule has 0 radical (unpaired) electrons. The maximum absolute atomic E-state index is 12.6. The molecule has 12 nitrogen and oxygen atoms in total. The van der Waals surface area contributed by atoms with Gasteiger partial charge in [0.15, 0.2) is 11.5 Å². The number of nitrogens with zero attached hydrogens (tertiary/aromatic N) is 3. The van der Waals surface area contributed by atoms with Gasteiger partial charge < -0.3 is 30.6 Å². The van der Waals surface area contributed by atoms with Crippen molar-refractivity contribution < 1.29 is 23.9 Å². The standard InChI is InChI=1S/C26H32N6O6.ClH/c1-36-20-13-17(14-21(37-2)22(20)38-3)29-25-28-15-19(32(34)35)24(30-25)31-26(16-9-5-4-6-10-16)12-8-7-11-18(26)23(27)33;/h7-8,11-16,18H,4-6,9-10H2,1-3H3,(H2,27,33)(H2,28,29,30,31);1H. The number of nitrogens with one attached hydrogen (secondary N) is 2. The Bertz CT molecular complexity index is 1240. The van der Waals surface area contributed by atoms with Crippen LogP contribution in [0.1, 0.15) is 32.1 Å². The highest BCUT2D eigenvalue weighted by atomic mass is 35.5. The van der Waals surface area contributed by atoms with Crippen LogP contribution in [0.5, 0.6) is 17.2 Å². The lowest BCUT2D eigenvalue weighted by atomic mass is 9.66. The van der Waals surface area contributed by atoms with Crippen LogP contribution < -0.4 is 30.6 Å². The zero-order valence-corrected chi connectivity index (χ0v) is 22.8. The number of amides is 1. The van der Waals surface area contributed by atoms with Crippen molar-refractivity contribution in [2.75, 3.05) is 32.0 Å². The molecule has 0 bridgehead atoms. The van der Waals surface area contributed by atoms with E-state index in [4.69, 9.17) is 19.9 Å². The highest BCUT2D eigenvalue weighted by Gasteiger charge is 2.47. The molecule has 1 aromatic carbocycles. The maximum Gasteiger partial charge on any atom is 0.329 e. The fourth-order valence-corrected chi connectivity index (χ4v) is 5.32. The molecule has 2 unspecified atom stereocenters. The van der Waals surface area contributed by atoms with Crippen molar-refractivity contribution in [3.05, 3.63) is 52.7 Å². The predicted molar refractivity (Wildman–Crippen MR) is 149 cm³/mol. The zero-order valence-electron chi connectivity index (χ0n) is 22.0. The first-order valence-electron chi connectivity index (χ1n) is 12.3. The molecule has 1 fully saturated rings. The van der Waals surface area contributed by atoms with E-state index in [0.717, 1.165) is 38.3 Å². The smallest absolute Gasteiger partial charge is 0.329 e. The molecule has 2 aliphatic carbocycles. The summed E-state index contributed by atoms with van der Waals surface area (Å²) in [5.41, 5.74) is 5.06. The van der Waals surface area contributed by atoms with E-state index in [1.54, 1.807) is 24.3 Å². The number of rotatable bonds is 10. The Morgan fingerprint density at radius 1 is 1.10 bits per heavy atom. The molecular weight excluding hydrogens is 528 g/mol. The van der Waals surface area contributed by atoms with Gasteiger partial charge in [-0.05, 0) is 18.8 Å². The summed E-state index contributed by atoms with van der Waals surface area (Å²) in [6.07, 6.45) is 13.2. The quantitative estimate of drug-likeness (QED) is 0.277. The molecular formula is C26H33ClN6O6. The molecule has 2 aromatic rings. The normalized spacial score (nSPS) is 20.4. The Morgan fingerprint density at radius 3 is 2.33 bits per heavy atom. The highest BCUT2D eigenvalue weighted by molar-refractivity contribution is 5.85. The van der Waals surface area contributed by atoms with Crippen molar-refractivity contribution in [1.29, 1.82) is 0 Å². The topological polar surface area (TPSA) is 164 Å². The van der Waals surface area contributed by atoms with Gasteiger partial charge in [-0.1, -0.05) is 43.6 Å². The summed E-state index contributed by atoms with van der Waals surface area (Å²) >= 11 is 0. The van der Waals surface area contributed by atoms with E-state index in [0.29, 0.717) is 22.9 Å². The number of methoxy groups -OCH3 is 3. The summed E-state index contributed by atoms with van der Waals surface area (Å²) in [4.78, 5) is 32.6. The highest BCUT2D eigenvalue weighted by Crippen LogP contribution is 2.44. The minimum absolute atomic E-state index is 0. The van der Waals surface area contributed by atoms with E-state index in [9.17, 15) is 14.9 Å². The number of allylic oxidation sites excluding steroid dienone is 2. The summed E-state index contributed by atoms with van der Waals surface area (Å²) in [5.74, 6) is 0.109. The number of hydrogen-bond donors (Lipinski definition) is 3. The van der Waals surface area contributed by atoms with Gasteiger partial charge in [0.05, 0.1) is 37.7 Å². The van der Waals surface area contributed by atoms with Crippen molar-refractivity contribution in [1.82, 2.24) is 9.97 Å². The van der Waals surface area contributed by atoms with Gasteiger partial charge in [0.2, 0.25) is 23.4 Å². The minimum Gasteiger partial charge on any atom is -0.493 e. The number of carbonyl (C=O) groups excluding carboxylic acids is 1. The van der Waals surface area contributed by atoms with E-state index >= 15 is 0 Å². The molecule has 4 rings (SSSR count). The Hall–Kier alpha value is -4.06. The van der Waals surface area contributed by atoms with Gasteiger partial charge in [-0.3, -0.25) is 14.9 Å². The van der Waals surface area contributed by atoms with E-state index < -0.39 is 22.3 Å². The lowest BCUT2D eigenvalue weighted by molar-refractivity contribution is -0.384. The molecule has 1 saturated carbocycles. The van der Waals surface area contributed by atoms with Crippen LogP contribution in [0.25, 0.3) is 0 Å². The van der Waals surface area contributed by atoms with Crippen molar-refractivity contribution in [2.45, 2.75) is 37.6 Å². The minimum atomic E-state index is -0.968. The average Bonchev–Trinajstić information content (AvgIpc) is 2.93. The molecule has 1 heterocycles. The predicted octanol–water partition coefficient (Wildman–Crippen LogP) is 4.53. The summed E-state index contributed by atoms with van der Waals surface area (Å²) in [6.45, 7) is 0. The van der Waals surface area contributed by atoms with Gasteiger partial charge in [0, 0.05) is 17.8 Å². The van der Waals surface area contributed by atoms with Crippen LogP contribution in [-0.2, 0) is 4.79 Å². The SMILES string of the molecule is COc1cc(Nc2ncc([N+](=O)[O-])c(NC3(C4CCCCC4)C=CC=CC3C(N)=O)n2)cc(OC)c1OC.Cl. The van der Waals surface area contributed by atoms with Crippen molar-refractivity contribution in [2.24, 2.45) is 17.6 Å². The molecule has 0 aliphatic heterocycles. The summed E-state index contributed by atoms with van der Waals surface area (Å²) in [5, 5.41) is 18.3. The first-order chi connectivity index (χ1) is 18.3. The summed E-state index contributed by atoms with van der Waals surface area (Å²) in [7, 11) is 4.50. The number of anilines is 3. The molecule has 2 atom stereocenters. The van der Waals surface area contributed by atoms with Gasteiger partial charge in [-0.25, -0.2) is 4.98 Å². The van der Waals surface area contributed by atoms with Crippen LogP contribution in [0.3, 0.4) is 0 Å². The molecule has 210 valence electrons. The van der Waals surface area contributed by atoms with E-state index in [1.165, 1.54) is 21.3 Å². The first-order valence-corrected chi connectivity index (χ1v) is 12.3. The molecule has 1 aromatic heterocycles. The third-order valence-corrected chi connectivity index (χ3v) is 7.11. The van der Waals surface area contributed by atoms with Gasteiger partial charge >= 0.3 is 5.69 Å². The molecule has 0 saturated heterocycles. The third-order valence-electron chi connectivity index (χ3n) is 7.11. The molecule has 2 aliphatic rings. The van der Waals surface area contributed by atoms with Gasteiger partial charge in [-0.15, -0.1) is 12.4 Å². The lowest BCUT2D eigenvalue weighted by Crippen LogP contribution is -2.55. The first kappa shape index (κ1) is 29.5. The molecule has 0 spiro atoms. The van der Waals surface area contributed by atoms with Crippen molar-refractivity contribution >= 4 is 41.5 Å². The zero-order chi connectivity index (χ0) is 27.3. The number of benzene rings is 1. The summed E-state index contributed by atoms with van der Waals surface area (Å²) in [6, 6.07) is 3.33. The van der Waals surface area contributed by atoms with Crippen LogP contribution >= 0.6 is 12.4 Å².